The van der Waals surface area contributed by atoms with E-state index in [1.54, 1.807) is 0 Å². The minimum Gasteiger partial charge on any atom is -0.271 e. The number of hydrazine groups is 1. The van der Waals surface area contributed by atoms with E-state index in [4.69, 9.17) is 5.84 Å². The lowest BCUT2D eigenvalue weighted by Crippen LogP contribution is -2.28. The maximum Gasteiger partial charge on any atom is 0.0463 e. The van der Waals surface area contributed by atoms with Gasteiger partial charge in [0.2, 0.25) is 0 Å². The molecule has 1 unspecified atom stereocenters. The third-order valence-corrected chi connectivity index (χ3v) is 3.64. The highest BCUT2D eigenvalue weighted by Crippen LogP contribution is 2.20. The van der Waals surface area contributed by atoms with Crippen molar-refractivity contribution in [2.75, 3.05) is 0 Å². The van der Waals surface area contributed by atoms with E-state index in [0.29, 0.717) is 0 Å². The number of hydrogen-bond donors (Lipinski definition) is 2. The maximum atomic E-state index is 5.70. The summed E-state index contributed by atoms with van der Waals surface area (Å²) >= 11 is 0. The molecule has 2 heteroatoms. The van der Waals surface area contributed by atoms with Gasteiger partial charge in [-0.1, -0.05) is 54.1 Å². The van der Waals surface area contributed by atoms with Crippen molar-refractivity contribution in [3.05, 3.63) is 70.8 Å². The van der Waals surface area contributed by atoms with Crippen molar-refractivity contribution in [2.24, 2.45) is 5.84 Å². The van der Waals surface area contributed by atoms with E-state index in [2.05, 4.69) is 67.8 Å². The predicted molar refractivity (Wildman–Crippen MR) is 80.7 cm³/mol. The van der Waals surface area contributed by atoms with Crippen molar-refractivity contribution in [3.8, 4) is 0 Å². The number of benzene rings is 2. The highest BCUT2D eigenvalue weighted by atomic mass is 15.2. The van der Waals surface area contributed by atoms with Crippen LogP contribution in [0.4, 0.5) is 0 Å². The summed E-state index contributed by atoms with van der Waals surface area (Å²) in [6.45, 7) is 4.26. The molecular formula is C17H22N2. The highest BCUT2D eigenvalue weighted by molar-refractivity contribution is 5.27. The number of hydrogen-bond acceptors (Lipinski definition) is 2. The molecule has 0 aromatic heterocycles. The van der Waals surface area contributed by atoms with Gasteiger partial charge in [0.05, 0.1) is 0 Å². The van der Waals surface area contributed by atoms with Crippen LogP contribution < -0.4 is 11.3 Å². The molecule has 0 aliphatic heterocycles. The molecular weight excluding hydrogens is 232 g/mol. The van der Waals surface area contributed by atoms with Crippen LogP contribution in [0.15, 0.2) is 48.5 Å². The van der Waals surface area contributed by atoms with Crippen LogP contribution in [0.3, 0.4) is 0 Å². The van der Waals surface area contributed by atoms with Crippen LogP contribution in [0.25, 0.3) is 0 Å². The maximum absolute atomic E-state index is 5.70. The summed E-state index contributed by atoms with van der Waals surface area (Å²) in [5.41, 5.74) is 8.20. The minimum atomic E-state index is 0.209. The van der Waals surface area contributed by atoms with E-state index in [9.17, 15) is 0 Å². The molecule has 2 aromatic carbocycles. The molecule has 2 nitrogen and oxygen atoms in total. The van der Waals surface area contributed by atoms with Gasteiger partial charge in [0, 0.05) is 6.04 Å². The second-order valence-electron chi connectivity index (χ2n) is 5.10. The molecule has 1 atom stereocenters. The van der Waals surface area contributed by atoms with Crippen LogP contribution in [0.1, 0.15) is 34.7 Å². The molecule has 0 saturated carbocycles. The van der Waals surface area contributed by atoms with E-state index in [0.717, 1.165) is 12.8 Å². The summed E-state index contributed by atoms with van der Waals surface area (Å²) in [5, 5.41) is 0. The number of rotatable bonds is 5. The van der Waals surface area contributed by atoms with Crippen molar-refractivity contribution in [2.45, 2.75) is 32.7 Å². The average Bonchev–Trinajstić information content (AvgIpc) is 2.43. The monoisotopic (exact) mass is 254 g/mol. The Morgan fingerprint density at radius 1 is 1.00 bits per heavy atom. The summed E-state index contributed by atoms with van der Waals surface area (Å²) in [6, 6.07) is 17.3. The first-order chi connectivity index (χ1) is 9.20. The van der Waals surface area contributed by atoms with Gasteiger partial charge >= 0.3 is 0 Å². The Kier molecular flexibility index (Phi) is 4.72. The standard InChI is InChI=1S/C17H22N2/c1-13-7-9-16(10-8-13)17(19-18)12-11-15-6-4-3-5-14(15)2/h3-10,17,19H,11-12,18H2,1-2H3. The van der Waals surface area contributed by atoms with Crippen molar-refractivity contribution >= 4 is 0 Å². The fourth-order valence-electron chi connectivity index (χ4n) is 2.34. The largest absolute Gasteiger partial charge is 0.271 e. The molecule has 2 aromatic rings. The van der Waals surface area contributed by atoms with Crippen LogP contribution in [-0.2, 0) is 6.42 Å². The van der Waals surface area contributed by atoms with Crippen molar-refractivity contribution in [3.63, 3.8) is 0 Å². The quantitative estimate of drug-likeness (QED) is 0.633. The van der Waals surface area contributed by atoms with Crippen LogP contribution in [0, 0.1) is 13.8 Å². The molecule has 100 valence electrons. The van der Waals surface area contributed by atoms with E-state index in [-0.39, 0.29) is 6.04 Å². The van der Waals surface area contributed by atoms with E-state index in [1.807, 2.05) is 0 Å². The molecule has 0 amide bonds. The first-order valence-electron chi connectivity index (χ1n) is 6.78. The number of nitrogens with two attached hydrogens (primary N) is 1. The van der Waals surface area contributed by atoms with Gasteiger partial charge in [0.15, 0.2) is 0 Å². The third-order valence-electron chi connectivity index (χ3n) is 3.64. The van der Waals surface area contributed by atoms with Crippen molar-refractivity contribution in [1.29, 1.82) is 0 Å². The Morgan fingerprint density at radius 2 is 1.68 bits per heavy atom. The van der Waals surface area contributed by atoms with Crippen molar-refractivity contribution in [1.82, 2.24) is 5.43 Å². The van der Waals surface area contributed by atoms with E-state index < -0.39 is 0 Å². The fraction of sp³-hybridized carbons (Fsp3) is 0.294. The molecule has 2 rings (SSSR count). The summed E-state index contributed by atoms with van der Waals surface area (Å²) in [7, 11) is 0. The van der Waals surface area contributed by atoms with E-state index in [1.165, 1.54) is 22.3 Å². The second kappa shape index (κ2) is 6.50. The van der Waals surface area contributed by atoms with Crippen LogP contribution in [0.2, 0.25) is 0 Å². The van der Waals surface area contributed by atoms with Gasteiger partial charge in [-0.2, -0.15) is 0 Å². The molecule has 0 bridgehead atoms. The SMILES string of the molecule is Cc1ccc(C(CCc2ccccc2C)NN)cc1. The number of nitrogens with one attached hydrogen (secondary N) is 1. The van der Waals surface area contributed by atoms with Gasteiger partial charge in [-0.3, -0.25) is 11.3 Å². The molecule has 0 fully saturated rings. The Bertz CT molecular complexity index is 517. The zero-order chi connectivity index (χ0) is 13.7. The van der Waals surface area contributed by atoms with Gasteiger partial charge in [0.25, 0.3) is 0 Å². The van der Waals surface area contributed by atoms with Gasteiger partial charge in [-0.25, -0.2) is 0 Å². The Labute approximate surface area is 115 Å². The first kappa shape index (κ1) is 13.8. The number of aryl methyl sites for hydroxylation is 3. The van der Waals surface area contributed by atoms with Crippen LogP contribution in [-0.4, -0.2) is 0 Å². The molecule has 0 radical (unpaired) electrons. The van der Waals surface area contributed by atoms with E-state index >= 15 is 0 Å². The Morgan fingerprint density at radius 3 is 2.32 bits per heavy atom. The third kappa shape index (κ3) is 3.66. The molecule has 3 N–H and O–H groups in total. The summed E-state index contributed by atoms with van der Waals surface area (Å²) in [4.78, 5) is 0. The zero-order valence-corrected chi connectivity index (χ0v) is 11.7. The normalized spacial score (nSPS) is 12.4. The molecule has 0 spiro atoms. The molecule has 19 heavy (non-hydrogen) atoms. The highest BCUT2D eigenvalue weighted by Gasteiger charge is 2.10. The first-order valence-corrected chi connectivity index (χ1v) is 6.78. The summed E-state index contributed by atoms with van der Waals surface area (Å²) < 4.78 is 0. The predicted octanol–water partition coefficient (Wildman–Crippen LogP) is 3.44. The topological polar surface area (TPSA) is 38.0 Å². The summed E-state index contributed by atoms with van der Waals surface area (Å²) in [5.74, 6) is 5.70. The van der Waals surface area contributed by atoms with Gasteiger partial charge in [-0.15, -0.1) is 0 Å². The zero-order valence-electron chi connectivity index (χ0n) is 11.7. The minimum absolute atomic E-state index is 0.209. The van der Waals surface area contributed by atoms with Crippen LogP contribution in [0.5, 0.6) is 0 Å². The second-order valence-corrected chi connectivity index (χ2v) is 5.10. The Hall–Kier alpha value is -1.64. The summed E-state index contributed by atoms with van der Waals surface area (Å²) in [6.07, 6.45) is 2.04. The Balaban J connectivity index is 2.04. The fourth-order valence-corrected chi connectivity index (χ4v) is 2.34. The molecule has 0 aliphatic rings. The molecule has 0 saturated heterocycles. The van der Waals surface area contributed by atoms with Gasteiger partial charge in [0.1, 0.15) is 0 Å². The molecule has 0 aliphatic carbocycles. The average molecular weight is 254 g/mol. The smallest absolute Gasteiger partial charge is 0.0463 e. The lowest BCUT2D eigenvalue weighted by Gasteiger charge is -2.17. The lowest BCUT2D eigenvalue weighted by atomic mass is 9.97. The van der Waals surface area contributed by atoms with Crippen LogP contribution >= 0.6 is 0 Å². The van der Waals surface area contributed by atoms with Crippen molar-refractivity contribution < 1.29 is 0 Å². The van der Waals surface area contributed by atoms with Gasteiger partial charge in [-0.05, 0) is 43.4 Å². The molecule has 0 heterocycles. The lowest BCUT2D eigenvalue weighted by molar-refractivity contribution is 0.516. The van der Waals surface area contributed by atoms with Gasteiger partial charge < -0.3 is 0 Å².